The van der Waals surface area contributed by atoms with Crippen molar-refractivity contribution in [2.45, 2.75) is 12.9 Å². The van der Waals surface area contributed by atoms with Crippen LogP contribution in [0.25, 0.3) is 17.0 Å². The monoisotopic (exact) mass is 477 g/mol. The zero-order chi connectivity index (χ0) is 21.1. The molecule has 154 valence electrons. The number of aromatic nitrogens is 2. The van der Waals surface area contributed by atoms with Gasteiger partial charge in [-0.05, 0) is 42.0 Å². The summed E-state index contributed by atoms with van der Waals surface area (Å²) in [4.78, 5) is 6.48. The van der Waals surface area contributed by atoms with Crippen molar-refractivity contribution in [2.24, 2.45) is 0 Å². The fourth-order valence-corrected chi connectivity index (χ4v) is 3.42. The molecular formula is C21H15BrF3N3O2. The van der Waals surface area contributed by atoms with Gasteiger partial charge in [0.25, 0.3) is 5.89 Å². The van der Waals surface area contributed by atoms with Crippen LogP contribution < -0.4 is 4.74 Å². The molecular weight excluding hydrogens is 463 g/mol. The minimum atomic E-state index is -4.73. The number of hydrogen-bond acceptors (Lipinski definition) is 5. The van der Waals surface area contributed by atoms with Crippen LogP contribution in [0.1, 0.15) is 11.5 Å². The van der Waals surface area contributed by atoms with Gasteiger partial charge >= 0.3 is 6.36 Å². The molecule has 0 bridgehead atoms. The predicted molar refractivity (Wildman–Crippen MR) is 108 cm³/mol. The Hall–Kier alpha value is -3.07. The summed E-state index contributed by atoms with van der Waals surface area (Å²) < 4.78 is 47.1. The van der Waals surface area contributed by atoms with Gasteiger partial charge in [-0.2, -0.15) is 4.98 Å². The van der Waals surface area contributed by atoms with Crippen LogP contribution >= 0.6 is 15.9 Å². The standard InChI is InChI=1S/C21H15BrF3N3O2/c22-17-5-1-3-14(11-17)12-28-10-2-4-16(13-28)20-26-19(27-30-20)15-6-8-18(9-7-15)29-21(23,24)25/h1-9,11,13H,10,12H2. The molecule has 0 atom stereocenters. The summed E-state index contributed by atoms with van der Waals surface area (Å²) in [5.74, 6) is 0.300. The summed E-state index contributed by atoms with van der Waals surface area (Å²) in [7, 11) is 0. The third kappa shape index (κ3) is 5.10. The Morgan fingerprint density at radius 1 is 1.13 bits per heavy atom. The Kier molecular flexibility index (Phi) is 5.63. The van der Waals surface area contributed by atoms with Crippen LogP contribution in [0.15, 0.2) is 75.9 Å². The lowest BCUT2D eigenvalue weighted by molar-refractivity contribution is -0.274. The minimum Gasteiger partial charge on any atom is -0.406 e. The highest BCUT2D eigenvalue weighted by Crippen LogP contribution is 2.27. The molecule has 0 saturated heterocycles. The van der Waals surface area contributed by atoms with E-state index in [4.69, 9.17) is 4.52 Å². The van der Waals surface area contributed by atoms with Gasteiger partial charge < -0.3 is 14.2 Å². The molecule has 2 heterocycles. The lowest BCUT2D eigenvalue weighted by Gasteiger charge is -2.22. The van der Waals surface area contributed by atoms with Crippen molar-refractivity contribution >= 4 is 21.5 Å². The first-order valence-electron chi connectivity index (χ1n) is 8.93. The third-order valence-corrected chi connectivity index (χ3v) is 4.75. The summed E-state index contributed by atoms with van der Waals surface area (Å²) in [5.41, 5.74) is 2.43. The fraction of sp³-hybridized carbons (Fsp3) is 0.143. The Bertz CT molecular complexity index is 1090. The van der Waals surface area contributed by atoms with E-state index in [0.29, 0.717) is 11.5 Å². The second-order valence-electron chi connectivity index (χ2n) is 6.54. The molecule has 0 N–H and O–H groups in total. The normalized spacial score (nSPS) is 14.0. The Morgan fingerprint density at radius 2 is 1.93 bits per heavy atom. The molecule has 5 nitrogen and oxygen atoms in total. The number of benzene rings is 2. The molecule has 4 rings (SSSR count). The number of hydrogen-bond donors (Lipinski definition) is 0. The van der Waals surface area contributed by atoms with Crippen LogP contribution in [0.5, 0.6) is 5.75 Å². The molecule has 0 unspecified atom stereocenters. The largest absolute Gasteiger partial charge is 0.573 e. The highest BCUT2D eigenvalue weighted by molar-refractivity contribution is 9.10. The van der Waals surface area contributed by atoms with E-state index in [9.17, 15) is 13.2 Å². The highest BCUT2D eigenvalue weighted by atomic mass is 79.9. The second kappa shape index (κ2) is 8.35. The van der Waals surface area contributed by atoms with Crippen molar-refractivity contribution in [3.63, 3.8) is 0 Å². The Morgan fingerprint density at radius 3 is 2.67 bits per heavy atom. The first kappa shape index (κ1) is 20.2. The van der Waals surface area contributed by atoms with Crippen molar-refractivity contribution in [1.29, 1.82) is 0 Å². The molecule has 30 heavy (non-hydrogen) atoms. The van der Waals surface area contributed by atoms with E-state index in [-0.39, 0.29) is 11.6 Å². The lowest BCUT2D eigenvalue weighted by atomic mass is 10.1. The SMILES string of the molecule is FC(F)(F)Oc1ccc(-c2noc(C3=CN(Cc4cccc(Br)c4)CC=C3)n2)cc1. The van der Waals surface area contributed by atoms with E-state index in [1.807, 2.05) is 36.6 Å². The quantitative estimate of drug-likeness (QED) is 0.464. The van der Waals surface area contributed by atoms with Crippen LogP contribution in [0.2, 0.25) is 0 Å². The molecule has 9 heteroatoms. The average Bonchev–Trinajstić information content (AvgIpc) is 3.18. The van der Waals surface area contributed by atoms with E-state index in [0.717, 1.165) is 28.7 Å². The third-order valence-electron chi connectivity index (χ3n) is 4.25. The van der Waals surface area contributed by atoms with Gasteiger partial charge in [0.1, 0.15) is 5.75 Å². The topological polar surface area (TPSA) is 51.4 Å². The fourth-order valence-electron chi connectivity index (χ4n) is 2.98. The minimum absolute atomic E-state index is 0.280. The maximum Gasteiger partial charge on any atom is 0.573 e. The van der Waals surface area contributed by atoms with Crippen molar-refractivity contribution in [3.8, 4) is 17.1 Å². The molecule has 1 aromatic heterocycles. The molecule has 1 aliphatic heterocycles. The zero-order valence-electron chi connectivity index (χ0n) is 15.4. The van der Waals surface area contributed by atoms with Crippen molar-refractivity contribution < 1.29 is 22.4 Å². The molecule has 0 radical (unpaired) electrons. The second-order valence-corrected chi connectivity index (χ2v) is 7.46. The van der Waals surface area contributed by atoms with E-state index in [1.54, 1.807) is 0 Å². The van der Waals surface area contributed by atoms with Gasteiger partial charge in [-0.1, -0.05) is 45.4 Å². The molecule has 0 fully saturated rings. The van der Waals surface area contributed by atoms with Gasteiger partial charge in [0.2, 0.25) is 5.82 Å². The van der Waals surface area contributed by atoms with Crippen LogP contribution in [0.4, 0.5) is 13.2 Å². The number of halogens is 4. The number of rotatable bonds is 5. The van der Waals surface area contributed by atoms with Crippen LogP contribution in [-0.2, 0) is 6.54 Å². The predicted octanol–water partition coefficient (Wildman–Crippen LogP) is 5.81. The van der Waals surface area contributed by atoms with E-state index < -0.39 is 6.36 Å². The first-order chi connectivity index (χ1) is 14.4. The molecule has 0 spiro atoms. The summed E-state index contributed by atoms with van der Waals surface area (Å²) in [6.07, 6.45) is 1.11. The molecule has 1 aliphatic rings. The van der Waals surface area contributed by atoms with Crippen LogP contribution in [0.3, 0.4) is 0 Å². The lowest BCUT2D eigenvalue weighted by Crippen LogP contribution is -2.19. The van der Waals surface area contributed by atoms with Crippen molar-refractivity contribution in [2.75, 3.05) is 6.54 Å². The molecule has 0 aliphatic carbocycles. The van der Waals surface area contributed by atoms with Crippen LogP contribution in [-0.4, -0.2) is 27.9 Å². The van der Waals surface area contributed by atoms with E-state index in [1.165, 1.54) is 24.3 Å². The Balaban J connectivity index is 1.49. The maximum atomic E-state index is 12.3. The summed E-state index contributed by atoms with van der Waals surface area (Å²) in [6, 6.07) is 13.4. The van der Waals surface area contributed by atoms with Crippen molar-refractivity contribution in [1.82, 2.24) is 15.0 Å². The zero-order valence-corrected chi connectivity index (χ0v) is 17.0. The van der Waals surface area contributed by atoms with E-state index >= 15 is 0 Å². The van der Waals surface area contributed by atoms with Crippen LogP contribution in [0, 0.1) is 0 Å². The van der Waals surface area contributed by atoms with Gasteiger partial charge in [-0.15, -0.1) is 13.2 Å². The van der Waals surface area contributed by atoms with Gasteiger partial charge in [0, 0.05) is 29.3 Å². The smallest absolute Gasteiger partial charge is 0.406 e. The van der Waals surface area contributed by atoms with E-state index in [2.05, 4.69) is 41.8 Å². The van der Waals surface area contributed by atoms with Gasteiger partial charge in [-0.3, -0.25) is 0 Å². The highest BCUT2D eigenvalue weighted by Gasteiger charge is 2.31. The van der Waals surface area contributed by atoms with Gasteiger partial charge in [0.15, 0.2) is 0 Å². The number of ether oxygens (including phenoxy) is 1. The maximum absolute atomic E-state index is 12.3. The average molecular weight is 478 g/mol. The molecule has 0 amide bonds. The Labute approximate surface area is 178 Å². The summed E-state index contributed by atoms with van der Waals surface area (Å²) >= 11 is 3.47. The number of allylic oxidation sites excluding steroid dienone is 2. The number of alkyl halides is 3. The van der Waals surface area contributed by atoms with Gasteiger partial charge in [-0.25, -0.2) is 0 Å². The molecule has 3 aromatic rings. The number of nitrogens with zero attached hydrogens (tertiary/aromatic N) is 3. The van der Waals surface area contributed by atoms with Crippen molar-refractivity contribution in [3.05, 3.63) is 82.8 Å². The molecule has 0 saturated carbocycles. The van der Waals surface area contributed by atoms with Gasteiger partial charge in [0.05, 0.1) is 5.57 Å². The molecule has 2 aromatic carbocycles. The first-order valence-corrected chi connectivity index (χ1v) is 9.72. The summed E-state index contributed by atoms with van der Waals surface area (Å²) in [6.45, 7) is 1.46. The summed E-state index contributed by atoms with van der Waals surface area (Å²) in [5, 5.41) is 3.94.